The van der Waals surface area contributed by atoms with E-state index in [2.05, 4.69) is 9.57 Å². The van der Waals surface area contributed by atoms with Crippen molar-refractivity contribution in [3.63, 3.8) is 0 Å². The number of hydrogen-bond acceptors (Lipinski definition) is 4. The monoisotopic (exact) mass is 346 g/mol. The van der Waals surface area contributed by atoms with Gasteiger partial charge in [-0.15, -0.1) is 0 Å². The van der Waals surface area contributed by atoms with E-state index < -0.39 is 5.92 Å². The van der Waals surface area contributed by atoms with Gasteiger partial charge in [-0.2, -0.15) is 0 Å². The predicted octanol–water partition coefficient (Wildman–Crippen LogP) is 0.181. The van der Waals surface area contributed by atoms with Crippen LogP contribution >= 0.6 is 0 Å². The van der Waals surface area contributed by atoms with Gasteiger partial charge in [-0.1, -0.05) is 6.92 Å². The minimum atomic E-state index is -0.572. The number of imide groups is 1. The third kappa shape index (κ3) is 2.75. The minimum Gasteiger partial charge on any atom is -0.369 e. The van der Waals surface area contributed by atoms with Crippen LogP contribution in [0.4, 0.5) is 4.79 Å². The minimum absolute atomic E-state index is 0.114. The fourth-order valence-corrected chi connectivity index (χ4v) is 3.77. The van der Waals surface area contributed by atoms with Crippen LogP contribution in [-0.2, 0) is 9.59 Å². The number of nitrogens with two attached hydrogens (primary N) is 1. The lowest BCUT2D eigenvalue weighted by Crippen LogP contribution is -2.61. The summed E-state index contributed by atoms with van der Waals surface area (Å²) in [5.41, 5.74) is 7.33. The first kappa shape index (κ1) is 17.3. The van der Waals surface area contributed by atoms with E-state index in [4.69, 9.17) is 5.73 Å². The van der Waals surface area contributed by atoms with Crippen LogP contribution in [0.3, 0.4) is 0 Å². The molecule has 0 saturated carbocycles. The number of amidine groups is 1. The first-order valence-corrected chi connectivity index (χ1v) is 8.60. The van der Waals surface area contributed by atoms with Crippen molar-refractivity contribution >= 4 is 29.4 Å². The first-order valence-electron chi connectivity index (χ1n) is 8.60. The highest BCUT2D eigenvalue weighted by molar-refractivity contribution is 6.32. The molecule has 0 aliphatic carbocycles. The molecular formula is C17H24N5O3+. The number of nitrogens with zero attached hydrogens (tertiary/aromatic N) is 4. The molecule has 3 aliphatic heterocycles. The Morgan fingerprint density at radius 2 is 1.92 bits per heavy atom. The highest BCUT2D eigenvalue weighted by Crippen LogP contribution is 2.28. The Morgan fingerprint density at radius 3 is 2.48 bits per heavy atom. The van der Waals surface area contributed by atoms with Crippen LogP contribution in [0.5, 0.6) is 0 Å². The molecule has 134 valence electrons. The van der Waals surface area contributed by atoms with Crippen LogP contribution in [-0.4, -0.2) is 71.0 Å². The third-order valence-electron chi connectivity index (χ3n) is 5.33. The van der Waals surface area contributed by atoms with Crippen LogP contribution < -0.4 is 5.73 Å². The number of amides is 4. The van der Waals surface area contributed by atoms with Crippen molar-refractivity contribution in [1.29, 1.82) is 0 Å². The zero-order valence-electron chi connectivity index (χ0n) is 14.9. The number of piperidine rings is 1. The van der Waals surface area contributed by atoms with Gasteiger partial charge in [-0.3, -0.25) is 19.4 Å². The molecule has 0 aromatic carbocycles. The second-order valence-electron chi connectivity index (χ2n) is 6.72. The van der Waals surface area contributed by atoms with Crippen molar-refractivity contribution < 1.29 is 19.0 Å². The lowest BCUT2D eigenvalue weighted by Gasteiger charge is -2.37. The van der Waals surface area contributed by atoms with Crippen molar-refractivity contribution in [3.8, 4) is 0 Å². The van der Waals surface area contributed by atoms with Gasteiger partial charge in [0.25, 0.3) is 5.91 Å². The van der Waals surface area contributed by atoms with Crippen LogP contribution in [0.15, 0.2) is 16.8 Å². The molecule has 0 spiro atoms. The fraction of sp³-hybridized carbons (Fsp3) is 0.588. The number of hydrogen-bond donors (Lipinski definition) is 1. The molecule has 0 aromatic rings. The molecule has 3 rings (SSSR count). The third-order valence-corrected chi connectivity index (χ3v) is 5.33. The first-order chi connectivity index (χ1) is 11.9. The van der Waals surface area contributed by atoms with Gasteiger partial charge in [0.2, 0.25) is 11.6 Å². The Balaban J connectivity index is 2.03. The lowest BCUT2D eigenvalue weighted by molar-refractivity contribution is -0.541. The average Bonchev–Trinajstić information content (AvgIpc) is 2.63. The van der Waals surface area contributed by atoms with E-state index in [9.17, 15) is 14.4 Å². The molecule has 8 heteroatoms. The summed E-state index contributed by atoms with van der Waals surface area (Å²) >= 11 is 0. The highest BCUT2D eigenvalue weighted by atomic mass is 16.2. The summed E-state index contributed by atoms with van der Waals surface area (Å²) < 4.78 is 2.16. The Bertz CT molecular complexity index is 727. The van der Waals surface area contributed by atoms with Crippen molar-refractivity contribution in [3.05, 3.63) is 11.8 Å². The molecule has 8 nitrogen and oxygen atoms in total. The molecule has 0 bridgehead atoms. The van der Waals surface area contributed by atoms with E-state index in [0.29, 0.717) is 31.8 Å². The number of urea groups is 1. The largest absolute Gasteiger partial charge is 0.369 e. The normalized spacial score (nSPS) is 27.2. The van der Waals surface area contributed by atoms with E-state index in [0.717, 1.165) is 22.6 Å². The van der Waals surface area contributed by atoms with Crippen molar-refractivity contribution in [2.45, 2.75) is 26.2 Å². The van der Waals surface area contributed by atoms with E-state index in [-0.39, 0.29) is 23.8 Å². The summed E-state index contributed by atoms with van der Waals surface area (Å²) in [6.07, 6.45) is 3.85. The summed E-state index contributed by atoms with van der Waals surface area (Å²) in [6, 6.07) is -0.375. The van der Waals surface area contributed by atoms with Gasteiger partial charge in [-0.25, -0.2) is 14.4 Å². The van der Waals surface area contributed by atoms with E-state index in [1.807, 2.05) is 6.92 Å². The molecule has 2 fully saturated rings. The standard InChI is InChI=1S/C17H23N5O3/c1-4-10-9-19-15-12(16(24)21(3)17(25)20(15)2)13(10)22-7-5-11(6-8-22)14(18)23/h9,11-12H,4-8H2,1-3H3,(H-,18,23)/p+1. The van der Waals surface area contributed by atoms with Gasteiger partial charge >= 0.3 is 6.03 Å². The van der Waals surface area contributed by atoms with Gasteiger partial charge in [0.1, 0.15) is 18.9 Å². The maximum atomic E-state index is 12.9. The Kier molecular flexibility index (Phi) is 4.45. The van der Waals surface area contributed by atoms with E-state index >= 15 is 0 Å². The number of rotatable bonds is 2. The van der Waals surface area contributed by atoms with Gasteiger partial charge in [0, 0.05) is 44.6 Å². The quantitative estimate of drug-likeness (QED) is 0.722. The molecule has 2 N–H and O–H groups in total. The van der Waals surface area contributed by atoms with E-state index in [1.165, 1.54) is 11.9 Å². The maximum Gasteiger partial charge on any atom is 0.331 e. The molecule has 1 atom stereocenters. The Hall–Kier alpha value is -2.51. The number of aliphatic imine (C=N–C) groups is 1. The summed E-state index contributed by atoms with van der Waals surface area (Å²) in [5, 5.41) is 0. The molecule has 1 unspecified atom stereocenters. The summed E-state index contributed by atoms with van der Waals surface area (Å²) in [5.74, 6) is -0.736. The number of carbonyl (C=O) groups excluding carboxylic acids is 3. The molecule has 0 aromatic heterocycles. The topological polar surface area (TPSA) is 99.1 Å². The fourth-order valence-electron chi connectivity index (χ4n) is 3.77. The Labute approximate surface area is 146 Å². The second-order valence-corrected chi connectivity index (χ2v) is 6.72. The van der Waals surface area contributed by atoms with Crippen molar-refractivity contribution in [1.82, 2.24) is 9.80 Å². The summed E-state index contributed by atoms with van der Waals surface area (Å²) in [7, 11) is 3.14. The molecule has 3 heterocycles. The molecule has 2 saturated heterocycles. The highest BCUT2D eigenvalue weighted by Gasteiger charge is 2.49. The average molecular weight is 346 g/mol. The van der Waals surface area contributed by atoms with Crippen molar-refractivity contribution in [2.24, 2.45) is 22.6 Å². The second kappa shape index (κ2) is 6.42. The zero-order valence-corrected chi connectivity index (χ0v) is 14.9. The van der Waals surface area contributed by atoms with Gasteiger partial charge < -0.3 is 5.73 Å². The maximum absolute atomic E-state index is 12.9. The Morgan fingerprint density at radius 1 is 1.28 bits per heavy atom. The van der Waals surface area contributed by atoms with Crippen LogP contribution in [0, 0.1) is 11.8 Å². The molecular weight excluding hydrogens is 322 g/mol. The number of carbonyl (C=O) groups is 3. The lowest BCUT2D eigenvalue weighted by atomic mass is 9.87. The SMILES string of the molecule is CCC1=CN=C2C(C(=O)N(C)C(=O)N2C)C1=[N+]1CCC(C(N)=O)CC1. The summed E-state index contributed by atoms with van der Waals surface area (Å²) in [4.78, 5) is 43.5. The van der Waals surface area contributed by atoms with Crippen molar-refractivity contribution in [2.75, 3.05) is 27.2 Å². The zero-order chi connectivity index (χ0) is 18.3. The number of fused-ring (bicyclic) bond motifs is 1. The van der Waals surface area contributed by atoms with E-state index in [1.54, 1.807) is 13.2 Å². The molecule has 3 aliphatic rings. The van der Waals surface area contributed by atoms with Gasteiger partial charge in [-0.05, 0) is 6.42 Å². The van der Waals surface area contributed by atoms with Gasteiger partial charge in [0.15, 0.2) is 5.92 Å². The number of primary amides is 1. The van der Waals surface area contributed by atoms with Crippen LogP contribution in [0.2, 0.25) is 0 Å². The molecule has 0 radical (unpaired) electrons. The van der Waals surface area contributed by atoms with Crippen LogP contribution in [0.25, 0.3) is 0 Å². The molecule has 4 amide bonds. The van der Waals surface area contributed by atoms with Crippen LogP contribution in [0.1, 0.15) is 26.2 Å². The smallest absolute Gasteiger partial charge is 0.331 e. The number of allylic oxidation sites excluding steroid dienone is 1. The molecule has 25 heavy (non-hydrogen) atoms. The predicted molar refractivity (Wildman–Crippen MR) is 92.1 cm³/mol. The van der Waals surface area contributed by atoms with Gasteiger partial charge in [0.05, 0.1) is 0 Å². The summed E-state index contributed by atoms with van der Waals surface area (Å²) in [6.45, 7) is 3.35.